The summed E-state index contributed by atoms with van der Waals surface area (Å²) >= 11 is 0. The minimum Gasteiger partial charge on any atom is -0.497 e. The molecule has 8 heteroatoms. The Labute approximate surface area is 203 Å². The Hall–Kier alpha value is -3.52. The average Bonchev–Trinajstić information content (AvgIpc) is 2.90. The van der Waals surface area contributed by atoms with E-state index in [1.165, 1.54) is 6.07 Å². The number of pyridine rings is 1. The fourth-order valence-electron chi connectivity index (χ4n) is 4.38. The molecule has 184 valence electrons. The van der Waals surface area contributed by atoms with Gasteiger partial charge in [-0.25, -0.2) is 8.78 Å². The zero-order valence-corrected chi connectivity index (χ0v) is 19.6. The van der Waals surface area contributed by atoms with Gasteiger partial charge in [0.05, 0.1) is 25.4 Å². The maximum atomic E-state index is 14.1. The van der Waals surface area contributed by atoms with Crippen molar-refractivity contribution in [3.05, 3.63) is 89.8 Å². The Morgan fingerprint density at radius 2 is 1.94 bits per heavy atom. The Morgan fingerprint density at radius 1 is 1.11 bits per heavy atom. The first-order valence-electron chi connectivity index (χ1n) is 11.7. The largest absolute Gasteiger partial charge is 0.497 e. The molecule has 2 aromatic carbocycles. The fourth-order valence-corrected chi connectivity index (χ4v) is 4.38. The lowest BCUT2D eigenvalue weighted by Crippen LogP contribution is -2.45. The van der Waals surface area contributed by atoms with Crippen LogP contribution in [-0.2, 0) is 4.79 Å². The molecule has 1 aliphatic rings. The molecule has 1 amide bonds. The van der Waals surface area contributed by atoms with Gasteiger partial charge >= 0.3 is 0 Å². The summed E-state index contributed by atoms with van der Waals surface area (Å²) in [5.41, 5.74) is 1.55. The number of methoxy groups -OCH3 is 1. The van der Waals surface area contributed by atoms with Crippen molar-refractivity contribution >= 4 is 5.91 Å². The highest BCUT2D eigenvalue weighted by Gasteiger charge is 2.33. The van der Waals surface area contributed by atoms with Crippen LogP contribution in [-0.4, -0.2) is 49.1 Å². The van der Waals surface area contributed by atoms with Crippen molar-refractivity contribution in [1.82, 2.24) is 15.2 Å². The summed E-state index contributed by atoms with van der Waals surface area (Å²) in [6.07, 6.45) is 3.16. The van der Waals surface area contributed by atoms with E-state index >= 15 is 0 Å². The molecule has 1 aromatic heterocycles. The van der Waals surface area contributed by atoms with Crippen molar-refractivity contribution < 1.29 is 23.0 Å². The molecule has 0 saturated carbocycles. The number of amides is 1. The number of hydrogen-bond donors (Lipinski definition) is 1. The van der Waals surface area contributed by atoms with Gasteiger partial charge in [-0.1, -0.05) is 18.2 Å². The molecule has 0 aliphatic carbocycles. The Balaban J connectivity index is 1.67. The molecule has 1 N–H and O–H groups in total. The summed E-state index contributed by atoms with van der Waals surface area (Å²) < 4.78 is 38.5. The topological polar surface area (TPSA) is 63.7 Å². The van der Waals surface area contributed by atoms with Gasteiger partial charge in [-0.15, -0.1) is 0 Å². The van der Waals surface area contributed by atoms with Crippen LogP contribution >= 0.6 is 0 Å². The Kier molecular flexibility index (Phi) is 8.26. The monoisotopic (exact) mass is 481 g/mol. The number of ether oxygens (including phenoxy) is 2. The molecule has 1 atom stereocenters. The van der Waals surface area contributed by atoms with Crippen molar-refractivity contribution in [2.75, 3.05) is 33.4 Å². The van der Waals surface area contributed by atoms with Crippen LogP contribution in [0.25, 0.3) is 0 Å². The molecule has 1 fully saturated rings. The predicted octanol–water partition coefficient (Wildman–Crippen LogP) is 4.37. The van der Waals surface area contributed by atoms with Crippen LogP contribution in [0.15, 0.2) is 66.9 Å². The molecule has 1 aliphatic heterocycles. The van der Waals surface area contributed by atoms with E-state index in [-0.39, 0.29) is 30.7 Å². The first-order chi connectivity index (χ1) is 17.1. The molecule has 0 spiro atoms. The summed E-state index contributed by atoms with van der Waals surface area (Å²) in [5, 5.41) is 3.30. The summed E-state index contributed by atoms with van der Waals surface area (Å²) in [7, 11) is 1.60. The molecule has 1 saturated heterocycles. The smallest absolute Gasteiger partial charge is 0.226 e. The number of carbonyl (C=O) groups excluding carboxylic acids is 1. The standard InChI is InChI=1S/C27H29F2N3O3/c1-34-22-6-4-5-20(17-22)26(24-7-2-3-12-31-24)32(27(33)19-10-13-30-14-11-19)15-16-35-25-9-8-21(28)18-23(25)29/h2-9,12,17-19,26,30H,10-11,13-16H2,1H3/t26-/m0/s1. The van der Waals surface area contributed by atoms with E-state index in [0.29, 0.717) is 11.4 Å². The molecule has 0 radical (unpaired) electrons. The highest BCUT2D eigenvalue weighted by atomic mass is 19.1. The van der Waals surface area contributed by atoms with Crippen LogP contribution < -0.4 is 14.8 Å². The van der Waals surface area contributed by atoms with E-state index in [0.717, 1.165) is 43.6 Å². The maximum Gasteiger partial charge on any atom is 0.226 e. The van der Waals surface area contributed by atoms with Gasteiger partial charge in [-0.3, -0.25) is 9.78 Å². The van der Waals surface area contributed by atoms with Crippen LogP contribution in [0, 0.1) is 17.6 Å². The molecule has 4 rings (SSSR count). The van der Waals surface area contributed by atoms with Crippen LogP contribution in [0.2, 0.25) is 0 Å². The number of halogens is 2. The lowest BCUT2D eigenvalue weighted by atomic mass is 9.93. The first kappa shape index (κ1) is 24.6. The minimum atomic E-state index is -0.782. The second-order valence-corrected chi connectivity index (χ2v) is 8.41. The summed E-state index contributed by atoms with van der Waals surface area (Å²) in [6, 6.07) is 15.8. The van der Waals surface area contributed by atoms with E-state index in [4.69, 9.17) is 9.47 Å². The van der Waals surface area contributed by atoms with E-state index < -0.39 is 17.7 Å². The van der Waals surface area contributed by atoms with Gasteiger partial charge in [-0.2, -0.15) is 0 Å². The van der Waals surface area contributed by atoms with Crippen LogP contribution in [0.1, 0.15) is 30.1 Å². The summed E-state index contributed by atoms with van der Waals surface area (Å²) in [4.78, 5) is 20.2. The molecule has 0 bridgehead atoms. The van der Waals surface area contributed by atoms with Gasteiger partial charge < -0.3 is 19.7 Å². The van der Waals surface area contributed by atoms with E-state index in [9.17, 15) is 13.6 Å². The van der Waals surface area contributed by atoms with Crippen LogP contribution in [0.3, 0.4) is 0 Å². The zero-order valence-electron chi connectivity index (χ0n) is 19.6. The average molecular weight is 482 g/mol. The highest BCUT2D eigenvalue weighted by molar-refractivity contribution is 5.80. The Morgan fingerprint density at radius 3 is 2.66 bits per heavy atom. The molecule has 6 nitrogen and oxygen atoms in total. The second kappa shape index (κ2) is 11.8. The number of carbonyl (C=O) groups is 1. The zero-order chi connectivity index (χ0) is 24.6. The van der Waals surface area contributed by atoms with Gasteiger partial charge in [0.25, 0.3) is 0 Å². The fraction of sp³-hybridized carbons (Fsp3) is 0.333. The number of benzene rings is 2. The third-order valence-corrected chi connectivity index (χ3v) is 6.14. The molecule has 2 heterocycles. The predicted molar refractivity (Wildman–Crippen MR) is 128 cm³/mol. The minimum absolute atomic E-state index is 0.00634. The van der Waals surface area contributed by atoms with Gasteiger partial charge in [-0.05, 0) is 67.9 Å². The van der Waals surface area contributed by atoms with Crippen LogP contribution in [0.5, 0.6) is 11.5 Å². The molecular formula is C27H29F2N3O3. The van der Waals surface area contributed by atoms with Crippen molar-refractivity contribution in [2.45, 2.75) is 18.9 Å². The molecule has 3 aromatic rings. The SMILES string of the molecule is COc1cccc([C@@H](c2ccccn2)N(CCOc2ccc(F)cc2F)C(=O)C2CCNCC2)c1. The van der Waals surface area contributed by atoms with Crippen molar-refractivity contribution in [2.24, 2.45) is 5.92 Å². The number of hydrogen-bond acceptors (Lipinski definition) is 5. The number of rotatable bonds is 9. The number of piperidine rings is 1. The third kappa shape index (κ3) is 6.14. The third-order valence-electron chi connectivity index (χ3n) is 6.14. The van der Waals surface area contributed by atoms with Gasteiger partial charge in [0.2, 0.25) is 5.91 Å². The van der Waals surface area contributed by atoms with Gasteiger partial charge in [0.1, 0.15) is 18.2 Å². The number of nitrogens with zero attached hydrogens (tertiary/aromatic N) is 2. The van der Waals surface area contributed by atoms with Gasteiger partial charge in [0, 0.05) is 18.2 Å². The lowest BCUT2D eigenvalue weighted by Gasteiger charge is -2.35. The van der Waals surface area contributed by atoms with Crippen LogP contribution in [0.4, 0.5) is 8.78 Å². The van der Waals surface area contributed by atoms with Crippen molar-refractivity contribution in [3.63, 3.8) is 0 Å². The highest BCUT2D eigenvalue weighted by Crippen LogP contribution is 2.32. The molecule has 0 unspecified atom stereocenters. The van der Waals surface area contributed by atoms with Gasteiger partial charge in [0.15, 0.2) is 11.6 Å². The molecular weight excluding hydrogens is 452 g/mol. The van der Waals surface area contributed by atoms with Crippen molar-refractivity contribution in [3.8, 4) is 11.5 Å². The summed E-state index contributed by atoms with van der Waals surface area (Å²) in [6.45, 7) is 1.77. The quantitative estimate of drug-likeness (QED) is 0.492. The molecule has 35 heavy (non-hydrogen) atoms. The normalized spacial score (nSPS) is 14.8. The lowest BCUT2D eigenvalue weighted by molar-refractivity contribution is -0.138. The Bertz CT molecular complexity index is 1120. The van der Waals surface area contributed by atoms with E-state index in [2.05, 4.69) is 10.3 Å². The number of nitrogens with one attached hydrogen (secondary N) is 1. The second-order valence-electron chi connectivity index (χ2n) is 8.41. The maximum absolute atomic E-state index is 14.1. The first-order valence-corrected chi connectivity index (χ1v) is 11.7. The number of aromatic nitrogens is 1. The van der Waals surface area contributed by atoms with E-state index in [1.54, 1.807) is 18.2 Å². The summed E-state index contributed by atoms with van der Waals surface area (Å²) in [5.74, 6) is -0.997. The van der Waals surface area contributed by atoms with Crippen molar-refractivity contribution in [1.29, 1.82) is 0 Å². The van der Waals surface area contributed by atoms with E-state index in [1.807, 2.05) is 42.5 Å².